The summed E-state index contributed by atoms with van der Waals surface area (Å²) in [6, 6.07) is 14.0. The molecule has 0 saturated carbocycles. The summed E-state index contributed by atoms with van der Waals surface area (Å²) in [5.41, 5.74) is 2.19. The Labute approximate surface area is 160 Å². The van der Waals surface area contributed by atoms with Crippen LogP contribution in [0.15, 0.2) is 48.7 Å². The number of nitrogens with zero attached hydrogens (tertiary/aromatic N) is 2. The van der Waals surface area contributed by atoms with E-state index in [1.54, 1.807) is 13.3 Å². The molecule has 0 spiro atoms. The van der Waals surface area contributed by atoms with Crippen molar-refractivity contribution in [1.29, 1.82) is 0 Å². The van der Waals surface area contributed by atoms with Gasteiger partial charge in [-0.2, -0.15) is 0 Å². The molecule has 1 amide bonds. The van der Waals surface area contributed by atoms with Crippen molar-refractivity contribution >= 4 is 5.91 Å². The quantitative estimate of drug-likeness (QED) is 0.688. The van der Waals surface area contributed by atoms with Crippen molar-refractivity contribution in [2.45, 2.75) is 32.0 Å². The SMILES string of the molecule is COCCOc1ccc(CNC(=O)C2CCCN2Cc2ccccc2)cn1. The van der Waals surface area contributed by atoms with Crippen LogP contribution < -0.4 is 10.1 Å². The highest BCUT2D eigenvalue weighted by atomic mass is 16.5. The van der Waals surface area contributed by atoms with E-state index in [1.807, 2.05) is 30.3 Å². The smallest absolute Gasteiger partial charge is 0.237 e. The van der Waals surface area contributed by atoms with Crippen LogP contribution in [0.25, 0.3) is 0 Å². The fourth-order valence-corrected chi connectivity index (χ4v) is 3.27. The Balaban J connectivity index is 1.48. The molecule has 144 valence electrons. The van der Waals surface area contributed by atoms with Crippen molar-refractivity contribution in [3.63, 3.8) is 0 Å². The van der Waals surface area contributed by atoms with E-state index in [-0.39, 0.29) is 11.9 Å². The molecule has 3 rings (SSSR count). The summed E-state index contributed by atoms with van der Waals surface area (Å²) in [6.45, 7) is 3.24. The minimum absolute atomic E-state index is 0.0604. The molecule has 0 radical (unpaired) electrons. The highest BCUT2D eigenvalue weighted by Gasteiger charge is 2.30. The number of likely N-dealkylation sites (tertiary alicyclic amines) is 1. The van der Waals surface area contributed by atoms with E-state index in [0.29, 0.717) is 25.6 Å². The molecule has 2 aromatic rings. The highest BCUT2D eigenvalue weighted by Crippen LogP contribution is 2.20. The van der Waals surface area contributed by atoms with Gasteiger partial charge in [0, 0.05) is 32.5 Å². The lowest BCUT2D eigenvalue weighted by atomic mass is 10.1. The van der Waals surface area contributed by atoms with Crippen LogP contribution in [0.5, 0.6) is 5.88 Å². The zero-order chi connectivity index (χ0) is 18.9. The van der Waals surface area contributed by atoms with Crippen LogP contribution in [-0.2, 0) is 22.6 Å². The summed E-state index contributed by atoms with van der Waals surface area (Å²) >= 11 is 0. The lowest BCUT2D eigenvalue weighted by Crippen LogP contribution is -2.42. The van der Waals surface area contributed by atoms with Gasteiger partial charge in [-0.25, -0.2) is 4.98 Å². The van der Waals surface area contributed by atoms with Gasteiger partial charge in [-0.15, -0.1) is 0 Å². The number of hydrogen-bond acceptors (Lipinski definition) is 5. The van der Waals surface area contributed by atoms with Gasteiger partial charge in [0.05, 0.1) is 12.6 Å². The number of nitrogens with one attached hydrogen (secondary N) is 1. The second kappa shape index (κ2) is 10.0. The Morgan fingerprint density at radius 1 is 1.19 bits per heavy atom. The molecule has 6 nitrogen and oxygen atoms in total. The van der Waals surface area contributed by atoms with E-state index < -0.39 is 0 Å². The summed E-state index contributed by atoms with van der Waals surface area (Å²) in [7, 11) is 1.63. The zero-order valence-electron chi connectivity index (χ0n) is 15.8. The molecule has 6 heteroatoms. The summed E-state index contributed by atoms with van der Waals surface area (Å²) in [5.74, 6) is 0.649. The van der Waals surface area contributed by atoms with Gasteiger partial charge in [0.15, 0.2) is 0 Å². The first kappa shape index (κ1) is 19.3. The predicted octanol–water partition coefficient (Wildman–Crippen LogP) is 2.39. The van der Waals surface area contributed by atoms with Gasteiger partial charge in [-0.3, -0.25) is 9.69 Å². The second-order valence-corrected chi connectivity index (χ2v) is 6.68. The van der Waals surface area contributed by atoms with Crippen molar-refractivity contribution in [3.05, 3.63) is 59.8 Å². The van der Waals surface area contributed by atoms with E-state index in [2.05, 4.69) is 27.3 Å². The number of hydrogen-bond donors (Lipinski definition) is 1. The molecule has 1 aromatic carbocycles. The number of carbonyl (C=O) groups is 1. The zero-order valence-corrected chi connectivity index (χ0v) is 15.8. The van der Waals surface area contributed by atoms with E-state index in [9.17, 15) is 4.79 Å². The molecule has 1 saturated heterocycles. The Kier molecular flexibility index (Phi) is 7.19. The standard InChI is InChI=1S/C21H27N3O3/c1-26-12-13-27-20-10-9-18(14-22-20)15-23-21(25)19-8-5-11-24(19)16-17-6-3-2-4-7-17/h2-4,6-7,9-10,14,19H,5,8,11-13,15-16H2,1H3,(H,23,25). The molecule has 0 bridgehead atoms. The molecule has 1 atom stereocenters. The highest BCUT2D eigenvalue weighted by molar-refractivity contribution is 5.82. The molecule has 1 fully saturated rings. The Morgan fingerprint density at radius 2 is 2.04 bits per heavy atom. The molecular formula is C21H27N3O3. The molecule has 0 aliphatic carbocycles. The molecule has 27 heavy (non-hydrogen) atoms. The maximum absolute atomic E-state index is 12.6. The Morgan fingerprint density at radius 3 is 2.78 bits per heavy atom. The first-order chi connectivity index (χ1) is 13.3. The van der Waals surface area contributed by atoms with Crippen molar-refractivity contribution in [3.8, 4) is 5.88 Å². The molecule has 1 N–H and O–H groups in total. The number of benzene rings is 1. The number of carbonyl (C=O) groups excluding carboxylic acids is 1. The van der Waals surface area contributed by atoms with E-state index in [1.165, 1.54) is 5.56 Å². The van der Waals surface area contributed by atoms with Crippen LogP contribution in [0.1, 0.15) is 24.0 Å². The number of methoxy groups -OCH3 is 1. The summed E-state index contributed by atoms with van der Waals surface area (Å²) in [4.78, 5) is 19.2. The number of rotatable bonds is 9. The van der Waals surface area contributed by atoms with Crippen LogP contribution in [0.2, 0.25) is 0 Å². The first-order valence-electron chi connectivity index (χ1n) is 9.38. The average molecular weight is 369 g/mol. The van der Waals surface area contributed by atoms with Crippen LogP contribution in [-0.4, -0.2) is 48.7 Å². The van der Waals surface area contributed by atoms with Crippen LogP contribution in [0.3, 0.4) is 0 Å². The van der Waals surface area contributed by atoms with Gasteiger partial charge >= 0.3 is 0 Å². The van der Waals surface area contributed by atoms with Gasteiger partial charge in [0.25, 0.3) is 0 Å². The van der Waals surface area contributed by atoms with Gasteiger partial charge < -0.3 is 14.8 Å². The van der Waals surface area contributed by atoms with E-state index in [4.69, 9.17) is 9.47 Å². The molecule has 2 heterocycles. The van der Waals surface area contributed by atoms with Gasteiger partial charge in [0.2, 0.25) is 11.8 Å². The van der Waals surface area contributed by atoms with Crippen molar-refractivity contribution in [2.75, 3.05) is 26.9 Å². The Hall–Kier alpha value is -2.44. The Bertz CT molecular complexity index is 706. The third kappa shape index (κ3) is 5.77. The maximum atomic E-state index is 12.6. The number of aromatic nitrogens is 1. The first-order valence-corrected chi connectivity index (χ1v) is 9.38. The summed E-state index contributed by atoms with van der Waals surface area (Å²) in [5, 5.41) is 3.05. The topological polar surface area (TPSA) is 63.7 Å². The predicted molar refractivity (Wildman–Crippen MR) is 103 cm³/mol. The molecule has 1 unspecified atom stereocenters. The minimum atomic E-state index is -0.0604. The molecule has 1 aromatic heterocycles. The summed E-state index contributed by atoms with van der Waals surface area (Å²) in [6.07, 6.45) is 3.70. The van der Waals surface area contributed by atoms with Crippen molar-refractivity contribution < 1.29 is 14.3 Å². The number of amides is 1. The maximum Gasteiger partial charge on any atom is 0.237 e. The number of pyridine rings is 1. The third-order valence-corrected chi connectivity index (χ3v) is 4.70. The summed E-state index contributed by atoms with van der Waals surface area (Å²) < 4.78 is 10.4. The van der Waals surface area contributed by atoms with Gasteiger partial charge in [0.1, 0.15) is 6.61 Å². The van der Waals surface area contributed by atoms with Crippen molar-refractivity contribution in [1.82, 2.24) is 15.2 Å². The van der Waals surface area contributed by atoms with Crippen LogP contribution in [0.4, 0.5) is 0 Å². The lowest BCUT2D eigenvalue weighted by molar-refractivity contribution is -0.125. The normalized spacial score (nSPS) is 17.0. The van der Waals surface area contributed by atoms with E-state index >= 15 is 0 Å². The fraction of sp³-hybridized carbons (Fsp3) is 0.429. The van der Waals surface area contributed by atoms with Crippen molar-refractivity contribution in [2.24, 2.45) is 0 Å². The minimum Gasteiger partial charge on any atom is -0.475 e. The van der Waals surface area contributed by atoms with Crippen LogP contribution in [0, 0.1) is 0 Å². The molecule has 1 aliphatic heterocycles. The third-order valence-electron chi connectivity index (χ3n) is 4.70. The largest absolute Gasteiger partial charge is 0.475 e. The average Bonchev–Trinajstić information content (AvgIpc) is 3.16. The van der Waals surface area contributed by atoms with Gasteiger partial charge in [-0.05, 0) is 30.5 Å². The number of ether oxygens (including phenoxy) is 2. The monoisotopic (exact) mass is 369 g/mol. The van der Waals surface area contributed by atoms with Crippen LogP contribution >= 0.6 is 0 Å². The van der Waals surface area contributed by atoms with Gasteiger partial charge in [-0.1, -0.05) is 36.4 Å². The fourth-order valence-electron chi connectivity index (χ4n) is 3.27. The second-order valence-electron chi connectivity index (χ2n) is 6.68. The molecule has 1 aliphatic rings. The van der Waals surface area contributed by atoms with E-state index in [0.717, 1.165) is 31.5 Å². The lowest BCUT2D eigenvalue weighted by Gasteiger charge is -2.23. The molecular weight excluding hydrogens is 342 g/mol.